The Morgan fingerprint density at radius 2 is 1.82 bits per heavy atom. The molecule has 0 bridgehead atoms. The molecule has 0 aliphatic carbocycles. The summed E-state index contributed by atoms with van der Waals surface area (Å²) in [6, 6.07) is 16.6. The molecule has 0 fully saturated rings. The van der Waals surface area contributed by atoms with E-state index >= 15 is 0 Å². The van der Waals surface area contributed by atoms with E-state index in [2.05, 4.69) is 65.5 Å². The number of aromatic nitrogens is 3. The van der Waals surface area contributed by atoms with Gasteiger partial charge in [0.2, 0.25) is 0 Å². The van der Waals surface area contributed by atoms with Gasteiger partial charge in [-0.25, -0.2) is 4.68 Å². The van der Waals surface area contributed by atoms with Gasteiger partial charge in [-0.15, -0.1) is 5.10 Å². The van der Waals surface area contributed by atoms with Gasteiger partial charge in [0.05, 0.1) is 0 Å². The van der Waals surface area contributed by atoms with E-state index < -0.39 is 0 Å². The van der Waals surface area contributed by atoms with E-state index in [0.29, 0.717) is 0 Å². The number of benzene rings is 2. The van der Waals surface area contributed by atoms with Crippen LogP contribution in [-0.2, 0) is 13.0 Å². The molecule has 1 aliphatic heterocycles. The fourth-order valence-electron chi connectivity index (χ4n) is 2.78. The summed E-state index contributed by atoms with van der Waals surface area (Å²) in [7, 11) is 0. The molecule has 106 valence electrons. The second-order valence-electron chi connectivity index (χ2n) is 5.53. The van der Waals surface area contributed by atoms with Crippen molar-refractivity contribution in [3.05, 3.63) is 70.9 Å². The SMILES string of the molecule is Cc1ccc(C#Cc2nnn3c2-c2ccccc2CC3)cc1. The van der Waals surface area contributed by atoms with Crippen LogP contribution in [-0.4, -0.2) is 15.0 Å². The molecule has 0 N–H and O–H groups in total. The maximum Gasteiger partial charge on any atom is 0.163 e. The summed E-state index contributed by atoms with van der Waals surface area (Å²) in [5.41, 5.74) is 6.58. The van der Waals surface area contributed by atoms with Gasteiger partial charge >= 0.3 is 0 Å². The zero-order valence-corrected chi connectivity index (χ0v) is 12.4. The Morgan fingerprint density at radius 3 is 2.68 bits per heavy atom. The van der Waals surface area contributed by atoms with Crippen molar-refractivity contribution in [1.29, 1.82) is 0 Å². The Kier molecular flexibility index (Phi) is 3.01. The van der Waals surface area contributed by atoms with Crippen molar-refractivity contribution in [2.45, 2.75) is 19.9 Å². The minimum Gasteiger partial charge on any atom is -0.243 e. The second kappa shape index (κ2) is 5.16. The molecule has 0 unspecified atom stereocenters. The predicted molar refractivity (Wildman–Crippen MR) is 86.3 cm³/mol. The molecule has 0 spiro atoms. The molecule has 1 aromatic heterocycles. The van der Waals surface area contributed by atoms with Gasteiger partial charge in [0.15, 0.2) is 5.69 Å². The summed E-state index contributed by atoms with van der Waals surface area (Å²) in [5, 5.41) is 8.51. The van der Waals surface area contributed by atoms with Crippen LogP contribution in [0.2, 0.25) is 0 Å². The van der Waals surface area contributed by atoms with E-state index in [1.54, 1.807) is 0 Å². The number of aryl methyl sites for hydroxylation is 3. The molecule has 0 saturated heterocycles. The van der Waals surface area contributed by atoms with Crippen LogP contribution in [0.5, 0.6) is 0 Å². The molecular formula is C19H15N3. The van der Waals surface area contributed by atoms with Crippen LogP contribution in [0.25, 0.3) is 11.3 Å². The minimum absolute atomic E-state index is 0.757. The van der Waals surface area contributed by atoms with Gasteiger partial charge in [-0.05, 0) is 37.0 Å². The fourth-order valence-corrected chi connectivity index (χ4v) is 2.78. The van der Waals surface area contributed by atoms with E-state index in [9.17, 15) is 0 Å². The summed E-state index contributed by atoms with van der Waals surface area (Å²) in [5.74, 6) is 6.37. The lowest BCUT2D eigenvalue weighted by Crippen LogP contribution is -2.12. The standard InChI is InChI=1S/C19H15N3/c1-14-6-8-15(9-7-14)10-11-18-19-17-5-3-2-4-16(17)12-13-22(19)21-20-18/h2-9H,12-13H2,1H3. The summed E-state index contributed by atoms with van der Waals surface area (Å²) in [6.07, 6.45) is 0.997. The molecule has 3 aromatic rings. The Morgan fingerprint density at radius 1 is 1.00 bits per heavy atom. The van der Waals surface area contributed by atoms with Gasteiger partial charge in [-0.3, -0.25) is 0 Å². The van der Waals surface area contributed by atoms with Crippen molar-refractivity contribution in [1.82, 2.24) is 15.0 Å². The van der Waals surface area contributed by atoms with E-state index in [1.165, 1.54) is 16.7 Å². The average Bonchev–Trinajstić information content (AvgIpc) is 2.98. The third-order valence-corrected chi connectivity index (χ3v) is 3.98. The second-order valence-corrected chi connectivity index (χ2v) is 5.53. The molecule has 3 heteroatoms. The van der Waals surface area contributed by atoms with Gasteiger partial charge < -0.3 is 0 Å². The van der Waals surface area contributed by atoms with Crippen molar-refractivity contribution in [2.24, 2.45) is 0 Å². The van der Waals surface area contributed by atoms with Gasteiger partial charge in [0.1, 0.15) is 5.69 Å². The van der Waals surface area contributed by atoms with Crippen LogP contribution in [0.15, 0.2) is 48.5 Å². The lowest BCUT2D eigenvalue weighted by molar-refractivity contribution is 0.583. The first-order valence-corrected chi connectivity index (χ1v) is 7.42. The lowest BCUT2D eigenvalue weighted by atomic mass is 9.97. The smallest absolute Gasteiger partial charge is 0.163 e. The molecular weight excluding hydrogens is 270 g/mol. The highest BCUT2D eigenvalue weighted by Crippen LogP contribution is 2.30. The highest BCUT2D eigenvalue weighted by atomic mass is 15.4. The molecule has 3 nitrogen and oxygen atoms in total. The fraction of sp³-hybridized carbons (Fsp3) is 0.158. The number of hydrogen-bond donors (Lipinski definition) is 0. The molecule has 0 saturated carbocycles. The summed E-state index contributed by atoms with van der Waals surface area (Å²) < 4.78 is 1.96. The first-order chi connectivity index (χ1) is 10.8. The van der Waals surface area contributed by atoms with Gasteiger partial charge in [0.25, 0.3) is 0 Å². The average molecular weight is 285 g/mol. The van der Waals surface area contributed by atoms with Crippen molar-refractivity contribution in [3.8, 4) is 23.1 Å². The largest absolute Gasteiger partial charge is 0.243 e. The molecule has 4 rings (SSSR count). The molecule has 0 atom stereocenters. The van der Waals surface area contributed by atoms with Crippen LogP contribution in [0.4, 0.5) is 0 Å². The molecule has 1 aliphatic rings. The molecule has 2 aromatic carbocycles. The van der Waals surface area contributed by atoms with Crippen LogP contribution in [0.1, 0.15) is 22.4 Å². The zero-order chi connectivity index (χ0) is 14.9. The van der Waals surface area contributed by atoms with Crippen molar-refractivity contribution in [2.75, 3.05) is 0 Å². The highest BCUT2D eigenvalue weighted by Gasteiger charge is 2.20. The Hall–Kier alpha value is -2.86. The summed E-state index contributed by atoms with van der Waals surface area (Å²) in [6.45, 7) is 2.94. The quantitative estimate of drug-likeness (QED) is 0.594. The van der Waals surface area contributed by atoms with Crippen molar-refractivity contribution >= 4 is 0 Å². The Labute approximate surface area is 129 Å². The van der Waals surface area contributed by atoms with Gasteiger partial charge in [0, 0.05) is 17.7 Å². The zero-order valence-electron chi connectivity index (χ0n) is 12.4. The molecule has 0 amide bonds. The van der Waals surface area contributed by atoms with E-state index in [-0.39, 0.29) is 0 Å². The maximum absolute atomic E-state index is 4.27. The first kappa shape index (κ1) is 12.8. The molecule has 22 heavy (non-hydrogen) atoms. The van der Waals surface area contributed by atoms with Crippen LogP contribution in [0, 0.1) is 18.8 Å². The first-order valence-electron chi connectivity index (χ1n) is 7.42. The van der Waals surface area contributed by atoms with E-state index in [4.69, 9.17) is 0 Å². The Bertz CT molecular complexity index is 892. The van der Waals surface area contributed by atoms with E-state index in [1.807, 2.05) is 16.8 Å². The van der Waals surface area contributed by atoms with Gasteiger partial charge in [-0.1, -0.05) is 53.1 Å². The van der Waals surface area contributed by atoms with Crippen molar-refractivity contribution in [3.63, 3.8) is 0 Å². The number of rotatable bonds is 0. The van der Waals surface area contributed by atoms with Crippen LogP contribution >= 0.6 is 0 Å². The lowest BCUT2D eigenvalue weighted by Gasteiger charge is -2.16. The number of fused-ring (bicyclic) bond motifs is 3. The third-order valence-electron chi connectivity index (χ3n) is 3.98. The summed E-state index contributed by atoms with van der Waals surface area (Å²) in [4.78, 5) is 0. The predicted octanol–water partition coefficient (Wildman–Crippen LogP) is 3.21. The summed E-state index contributed by atoms with van der Waals surface area (Å²) >= 11 is 0. The Balaban J connectivity index is 1.78. The normalized spacial score (nSPS) is 12.0. The van der Waals surface area contributed by atoms with Crippen LogP contribution in [0.3, 0.4) is 0 Å². The number of nitrogens with zero attached hydrogens (tertiary/aromatic N) is 3. The monoisotopic (exact) mass is 285 g/mol. The van der Waals surface area contributed by atoms with Gasteiger partial charge in [-0.2, -0.15) is 0 Å². The molecule has 0 radical (unpaired) electrons. The minimum atomic E-state index is 0.757. The molecule has 2 heterocycles. The van der Waals surface area contributed by atoms with Crippen LogP contribution < -0.4 is 0 Å². The van der Waals surface area contributed by atoms with E-state index in [0.717, 1.165) is 29.9 Å². The van der Waals surface area contributed by atoms with Crippen molar-refractivity contribution < 1.29 is 0 Å². The topological polar surface area (TPSA) is 30.7 Å². The maximum atomic E-state index is 4.27. The number of hydrogen-bond acceptors (Lipinski definition) is 2. The highest BCUT2D eigenvalue weighted by molar-refractivity contribution is 5.70. The third kappa shape index (κ3) is 2.19.